The third kappa shape index (κ3) is 2.86. The van der Waals surface area contributed by atoms with E-state index in [1.54, 1.807) is 12.4 Å². The summed E-state index contributed by atoms with van der Waals surface area (Å²) in [5.41, 5.74) is 0.991. The van der Waals surface area contributed by atoms with Gasteiger partial charge in [0, 0.05) is 18.0 Å². The fourth-order valence-corrected chi connectivity index (χ4v) is 0.924. The Hall–Kier alpha value is -1.29. The van der Waals surface area contributed by atoms with Crippen LogP contribution in [0.25, 0.3) is 0 Å². The molecule has 11 heavy (non-hydrogen) atoms. The van der Waals surface area contributed by atoms with Crippen molar-refractivity contribution in [3.8, 4) is 12.3 Å². The predicted octanol–water partition coefficient (Wildman–Crippen LogP) is 2.31. The van der Waals surface area contributed by atoms with Gasteiger partial charge in [-0.05, 0) is 25.3 Å². The molecule has 1 aliphatic rings. The summed E-state index contributed by atoms with van der Waals surface area (Å²) in [4.78, 5) is 4.03. The first-order chi connectivity index (χ1) is 5.43. The van der Waals surface area contributed by atoms with E-state index in [-0.39, 0.29) is 0 Å². The fourth-order valence-electron chi connectivity index (χ4n) is 0.924. The average Bonchev–Trinajstić information content (AvgIpc) is 2.16. The van der Waals surface area contributed by atoms with Crippen molar-refractivity contribution in [3.63, 3.8) is 0 Å². The van der Waals surface area contributed by atoms with Crippen molar-refractivity contribution in [3.05, 3.63) is 23.9 Å². The van der Waals surface area contributed by atoms with Crippen LogP contribution in [-0.4, -0.2) is 6.21 Å². The second kappa shape index (κ2) is 4.51. The highest BCUT2D eigenvalue weighted by Gasteiger charge is 1.91. The van der Waals surface area contributed by atoms with E-state index in [1.165, 1.54) is 0 Å². The van der Waals surface area contributed by atoms with E-state index in [9.17, 15) is 0 Å². The van der Waals surface area contributed by atoms with Crippen LogP contribution in [-0.2, 0) is 0 Å². The highest BCUT2D eigenvalue weighted by atomic mass is 14.7. The summed E-state index contributed by atoms with van der Waals surface area (Å²) in [6.45, 7) is 0. The summed E-state index contributed by atoms with van der Waals surface area (Å²) >= 11 is 0. The first kappa shape index (κ1) is 7.81. The van der Waals surface area contributed by atoms with Crippen LogP contribution in [0.5, 0.6) is 0 Å². The zero-order valence-electron chi connectivity index (χ0n) is 6.46. The Morgan fingerprint density at radius 2 is 2.45 bits per heavy atom. The summed E-state index contributed by atoms with van der Waals surface area (Å²) in [7, 11) is 0. The van der Waals surface area contributed by atoms with E-state index in [2.05, 4.69) is 17.0 Å². The van der Waals surface area contributed by atoms with Crippen LogP contribution in [0.4, 0.5) is 0 Å². The number of rotatable bonds is 0. The van der Waals surface area contributed by atoms with Crippen LogP contribution in [0, 0.1) is 12.3 Å². The van der Waals surface area contributed by atoms with Gasteiger partial charge in [-0.3, -0.25) is 4.99 Å². The topological polar surface area (TPSA) is 12.4 Å². The smallest absolute Gasteiger partial charge is 0.0383 e. The van der Waals surface area contributed by atoms with Crippen molar-refractivity contribution in [2.45, 2.75) is 19.3 Å². The second-order valence-corrected chi connectivity index (χ2v) is 2.42. The Kier molecular flexibility index (Phi) is 3.21. The molecule has 0 saturated carbocycles. The third-order valence-electron chi connectivity index (χ3n) is 1.54. The number of nitrogens with zero attached hydrogens (tertiary/aromatic N) is 1. The Bertz CT molecular complexity index is 238. The lowest BCUT2D eigenvalue weighted by Gasteiger charge is -1.93. The fraction of sp³-hybridized carbons (Fsp3) is 0.300. The first-order valence-corrected chi connectivity index (χ1v) is 3.77. The van der Waals surface area contributed by atoms with Crippen LogP contribution < -0.4 is 0 Å². The molecule has 56 valence electrons. The molecule has 1 nitrogen and oxygen atoms in total. The van der Waals surface area contributed by atoms with Gasteiger partial charge in [0.1, 0.15) is 0 Å². The minimum atomic E-state index is 0.970. The van der Waals surface area contributed by atoms with Crippen molar-refractivity contribution in [2.75, 3.05) is 0 Å². The van der Waals surface area contributed by atoms with Gasteiger partial charge in [-0.1, -0.05) is 12.0 Å². The molecule has 0 spiro atoms. The molecular weight excluding hydrogens is 134 g/mol. The first-order valence-electron chi connectivity index (χ1n) is 3.77. The number of aliphatic imine (C=N–C) groups is 1. The zero-order valence-corrected chi connectivity index (χ0v) is 6.46. The van der Waals surface area contributed by atoms with Crippen molar-refractivity contribution in [1.29, 1.82) is 0 Å². The summed E-state index contributed by atoms with van der Waals surface area (Å²) in [5.74, 6) is 2.62. The van der Waals surface area contributed by atoms with Gasteiger partial charge in [-0.2, -0.15) is 0 Å². The molecule has 0 radical (unpaired) electrons. The largest absolute Gasteiger partial charge is 0.264 e. The maximum atomic E-state index is 5.26. The van der Waals surface area contributed by atoms with Gasteiger partial charge in [0.25, 0.3) is 0 Å². The maximum Gasteiger partial charge on any atom is 0.0383 e. The minimum absolute atomic E-state index is 0.970. The lowest BCUT2D eigenvalue weighted by Crippen LogP contribution is -1.77. The molecule has 0 amide bonds. The molecule has 0 aromatic heterocycles. The number of hydrogen-bond acceptors (Lipinski definition) is 1. The van der Waals surface area contributed by atoms with E-state index in [0.29, 0.717) is 0 Å². The van der Waals surface area contributed by atoms with Gasteiger partial charge in [0.15, 0.2) is 0 Å². The molecule has 1 aliphatic heterocycles. The molecule has 0 aliphatic carbocycles. The SMILES string of the molecule is C#C/C1=C/N=C\C=C/CCC1. The van der Waals surface area contributed by atoms with Gasteiger partial charge in [-0.15, -0.1) is 6.42 Å². The van der Waals surface area contributed by atoms with Crippen LogP contribution >= 0.6 is 0 Å². The molecule has 0 aromatic carbocycles. The Morgan fingerprint density at radius 1 is 1.55 bits per heavy atom. The summed E-state index contributed by atoms with van der Waals surface area (Å²) < 4.78 is 0. The van der Waals surface area contributed by atoms with E-state index in [4.69, 9.17) is 6.42 Å². The maximum absolute atomic E-state index is 5.26. The van der Waals surface area contributed by atoms with E-state index in [1.807, 2.05) is 6.08 Å². The van der Waals surface area contributed by atoms with Crippen LogP contribution in [0.2, 0.25) is 0 Å². The van der Waals surface area contributed by atoms with Crippen LogP contribution in [0.3, 0.4) is 0 Å². The second-order valence-electron chi connectivity index (χ2n) is 2.42. The van der Waals surface area contributed by atoms with Gasteiger partial charge in [-0.25, -0.2) is 0 Å². The molecule has 0 atom stereocenters. The minimum Gasteiger partial charge on any atom is -0.264 e. The normalized spacial score (nSPS) is 28.1. The quantitative estimate of drug-likeness (QED) is 0.464. The van der Waals surface area contributed by atoms with Gasteiger partial charge >= 0.3 is 0 Å². The highest BCUT2D eigenvalue weighted by molar-refractivity contribution is 5.71. The standard InChI is InChI=1S/C10H11N/c1-2-10-7-5-3-4-6-8-11-9-10/h1,4,6,8-9H,3,5,7H2/b6-4-,10-9-,11-8-. The van der Waals surface area contributed by atoms with Gasteiger partial charge in [0.05, 0.1) is 0 Å². The van der Waals surface area contributed by atoms with Crippen molar-refractivity contribution < 1.29 is 0 Å². The Morgan fingerprint density at radius 3 is 3.27 bits per heavy atom. The monoisotopic (exact) mass is 145 g/mol. The Labute approximate surface area is 67.5 Å². The third-order valence-corrected chi connectivity index (χ3v) is 1.54. The van der Waals surface area contributed by atoms with Crippen LogP contribution in [0.1, 0.15) is 19.3 Å². The molecule has 0 bridgehead atoms. The number of terminal acetylenes is 1. The molecule has 0 aromatic rings. The van der Waals surface area contributed by atoms with Crippen LogP contribution in [0.15, 0.2) is 28.9 Å². The summed E-state index contributed by atoms with van der Waals surface area (Å²) in [6.07, 6.45) is 16.0. The zero-order chi connectivity index (χ0) is 7.94. The highest BCUT2D eigenvalue weighted by Crippen LogP contribution is 2.07. The van der Waals surface area contributed by atoms with Crippen molar-refractivity contribution in [2.24, 2.45) is 4.99 Å². The lowest BCUT2D eigenvalue weighted by molar-refractivity contribution is 0.850. The molecular formula is C10H11N. The molecule has 0 N–H and O–H groups in total. The lowest BCUT2D eigenvalue weighted by atomic mass is 10.1. The molecule has 0 saturated heterocycles. The summed E-state index contributed by atoms with van der Waals surface area (Å²) in [5, 5.41) is 0. The summed E-state index contributed by atoms with van der Waals surface area (Å²) in [6, 6.07) is 0. The molecule has 1 heterocycles. The van der Waals surface area contributed by atoms with E-state index >= 15 is 0 Å². The number of allylic oxidation sites excluding steroid dienone is 3. The molecule has 0 unspecified atom stereocenters. The number of hydrogen-bond donors (Lipinski definition) is 0. The van der Waals surface area contributed by atoms with Gasteiger partial charge in [0.2, 0.25) is 0 Å². The van der Waals surface area contributed by atoms with Gasteiger partial charge < -0.3 is 0 Å². The average molecular weight is 145 g/mol. The van der Waals surface area contributed by atoms with E-state index < -0.39 is 0 Å². The molecule has 0 fully saturated rings. The Balaban J connectivity index is 2.67. The molecule has 1 heteroatoms. The van der Waals surface area contributed by atoms with Crippen molar-refractivity contribution >= 4 is 6.21 Å². The van der Waals surface area contributed by atoms with Crippen molar-refractivity contribution in [1.82, 2.24) is 0 Å². The molecule has 1 rings (SSSR count). The van der Waals surface area contributed by atoms with E-state index in [0.717, 1.165) is 24.8 Å². The predicted molar refractivity (Wildman–Crippen MR) is 48.4 cm³/mol.